The molecule has 0 aliphatic rings. The van der Waals surface area contributed by atoms with Gasteiger partial charge in [-0.1, -0.05) is 41.6 Å². The van der Waals surface area contributed by atoms with E-state index in [4.69, 9.17) is 16.0 Å². The van der Waals surface area contributed by atoms with Gasteiger partial charge in [-0.2, -0.15) is 0 Å². The largest absolute Gasteiger partial charge is 0.411 e. The molecule has 1 heterocycles. The Bertz CT molecular complexity index is 692. The number of carbonyl (C=O) groups is 1. The van der Waals surface area contributed by atoms with E-state index in [0.717, 1.165) is 5.56 Å². The summed E-state index contributed by atoms with van der Waals surface area (Å²) in [5.41, 5.74) is 0.739. The molecule has 0 aliphatic carbocycles. The molecule has 5 nitrogen and oxygen atoms in total. The number of halogens is 1. The SMILES string of the molecule is C=CCN(CC=C)C(=O)CSc1nnc(-c2cccc(Cl)c2)o1. The fraction of sp³-hybridized carbons (Fsp3) is 0.188. The zero-order chi connectivity index (χ0) is 16.7. The van der Waals surface area contributed by atoms with Crippen molar-refractivity contribution < 1.29 is 9.21 Å². The fourth-order valence-corrected chi connectivity index (χ4v) is 2.67. The van der Waals surface area contributed by atoms with E-state index in [1.807, 2.05) is 6.07 Å². The lowest BCUT2D eigenvalue weighted by Crippen LogP contribution is -2.32. The van der Waals surface area contributed by atoms with E-state index in [2.05, 4.69) is 23.4 Å². The van der Waals surface area contributed by atoms with Crippen molar-refractivity contribution in [1.29, 1.82) is 0 Å². The predicted molar refractivity (Wildman–Crippen MR) is 92.4 cm³/mol. The third-order valence-electron chi connectivity index (χ3n) is 2.85. The molecule has 7 heteroatoms. The highest BCUT2D eigenvalue weighted by atomic mass is 35.5. The quantitative estimate of drug-likeness (QED) is 0.537. The third-order valence-corrected chi connectivity index (χ3v) is 3.89. The van der Waals surface area contributed by atoms with E-state index in [1.165, 1.54) is 11.8 Å². The molecule has 0 unspecified atom stereocenters. The maximum atomic E-state index is 12.1. The molecule has 0 N–H and O–H groups in total. The van der Waals surface area contributed by atoms with Crippen LogP contribution in [0.4, 0.5) is 0 Å². The maximum Gasteiger partial charge on any atom is 0.277 e. The molecule has 2 rings (SSSR count). The highest BCUT2D eigenvalue weighted by Crippen LogP contribution is 2.25. The molecule has 0 saturated heterocycles. The third kappa shape index (κ3) is 4.97. The fourth-order valence-electron chi connectivity index (χ4n) is 1.81. The standard InChI is InChI=1S/C16H16ClN3O2S/c1-3-8-20(9-4-2)14(21)11-23-16-19-18-15(22-16)12-6-5-7-13(17)10-12/h3-7,10H,1-2,8-9,11H2. The van der Waals surface area contributed by atoms with E-state index >= 15 is 0 Å². The predicted octanol–water partition coefficient (Wildman–Crippen LogP) is 3.68. The minimum Gasteiger partial charge on any atom is -0.411 e. The van der Waals surface area contributed by atoms with Gasteiger partial charge in [0.1, 0.15) is 0 Å². The topological polar surface area (TPSA) is 59.2 Å². The molecule has 0 radical (unpaired) electrons. The minimum absolute atomic E-state index is 0.0442. The Hall–Kier alpha value is -2.05. The van der Waals surface area contributed by atoms with Crippen LogP contribution in [-0.2, 0) is 4.79 Å². The Balaban J connectivity index is 1.98. The first-order chi connectivity index (χ1) is 11.1. The summed E-state index contributed by atoms with van der Waals surface area (Å²) in [5, 5.41) is 8.84. The second-order valence-electron chi connectivity index (χ2n) is 4.55. The maximum absolute atomic E-state index is 12.1. The number of hydrogen-bond donors (Lipinski definition) is 0. The molecular formula is C16H16ClN3O2S. The Morgan fingerprint density at radius 3 is 2.70 bits per heavy atom. The Labute approximate surface area is 144 Å². The molecule has 1 aromatic carbocycles. The van der Waals surface area contributed by atoms with E-state index in [9.17, 15) is 4.79 Å². The summed E-state index contributed by atoms with van der Waals surface area (Å²) in [5.74, 6) is 0.535. The lowest BCUT2D eigenvalue weighted by Gasteiger charge is -2.18. The van der Waals surface area contributed by atoms with Gasteiger partial charge in [0.2, 0.25) is 11.8 Å². The summed E-state index contributed by atoms with van der Waals surface area (Å²) >= 11 is 7.13. The van der Waals surface area contributed by atoms with Gasteiger partial charge in [0.15, 0.2) is 0 Å². The molecule has 1 amide bonds. The number of aromatic nitrogens is 2. The van der Waals surface area contributed by atoms with Crippen LogP contribution in [0, 0.1) is 0 Å². The Morgan fingerprint density at radius 1 is 1.30 bits per heavy atom. The van der Waals surface area contributed by atoms with Crippen molar-refractivity contribution in [3.63, 3.8) is 0 Å². The first-order valence-corrected chi connectivity index (χ1v) is 8.22. The number of amides is 1. The number of hydrogen-bond acceptors (Lipinski definition) is 5. The van der Waals surface area contributed by atoms with Gasteiger partial charge >= 0.3 is 0 Å². The number of thioether (sulfide) groups is 1. The second kappa shape index (κ2) is 8.55. The zero-order valence-electron chi connectivity index (χ0n) is 12.4. The summed E-state index contributed by atoms with van der Waals surface area (Å²) in [4.78, 5) is 13.8. The van der Waals surface area contributed by atoms with Gasteiger partial charge in [0, 0.05) is 23.7 Å². The smallest absolute Gasteiger partial charge is 0.277 e. The number of carbonyl (C=O) groups excluding carboxylic acids is 1. The van der Waals surface area contributed by atoms with Crippen LogP contribution in [0.15, 0.2) is 59.2 Å². The monoisotopic (exact) mass is 349 g/mol. The molecule has 0 bridgehead atoms. The van der Waals surface area contributed by atoms with E-state index in [-0.39, 0.29) is 11.7 Å². The zero-order valence-corrected chi connectivity index (χ0v) is 14.0. The van der Waals surface area contributed by atoms with E-state index in [1.54, 1.807) is 35.3 Å². The second-order valence-corrected chi connectivity index (χ2v) is 5.91. The Kier molecular flexibility index (Phi) is 6.43. The molecular weight excluding hydrogens is 334 g/mol. The molecule has 23 heavy (non-hydrogen) atoms. The summed E-state index contributed by atoms with van der Waals surface area (Å²) in [7, 11) is 0. The van der Waals surface area contributed by atoms with Crippen molar-refractivity contribution in [3.8, 4) is 11.5 Å². The van der Waals surface area contributed by atoms with Gasteiger partial charge in [-0.3, -0.25) is 4.79 Å². The van der Waals surface area contributed by atoms with Crippen molar-refractivity contribution in [2.75, 3.05) is 18.8 Å². The Morgan fingerprint density at radius 2 is 2.04 bits per heavy atom. The summed E-state index contributed by atoms with van der Waals surface area (Å²) < 4.78 is 5.55. The van der Waals surface area contributed by atoms with Crippen LogP contribution in [0.1, 0.15) is 0 Å². The molecule has 2 aromatic rings. The lowest BCUT2D eigenvalue weighted by molar-refractivity contribution is -0.127. The summed E-state index contributed by atoms with van der Waals surface area (Å²) in [6.45, 7) is 8.23. The molecule has 0 saturated carbocycles. The molecule has 0 spiro atoms. The molecule has 0 aliphatic heterocycles. The summed E-state index contributed by atoms with van der Waals surface area (Å²) in [6.07, 6.45) is 3.35. The highest BCUT2D eigenvalue weighted by molar-refractivity contribution is 7.99. The van der Waals surface area contributed by atoms with E-state index in [0.29, 0.717) is 29.2 Å². The van der Waals surface area contributed by atoms with Gasteiger partial charge in [-0.15, -0.1) is 23.4 Å². The number of benzene rings is 1. The van der Waals surface area contributed by atoms with Crippen LogP contribution in [0.3, 0.4) is 0 Å². The molecule has 120 valence electrons. The van der Waals surface area contributed by atoms with Crippen molar-refractivity contribution in [2.24, 2.45) is 0 Å². The van der Waals surface area contributed by atoms with E-state index < -0.39 is 0 Å². The first kappa shape index (κ1) is 17.3. The van der Waals surface area contributed by atoms with Gasteiger partial charge in [-0.05, 0) is 18.2 Å². The van der Waals surface area contributed by atoms with Crippen LogP contribution < -0.4 is 0 Å². The van der Waals surface area contributed by atoms with Crippen LogP contribution in [0.5, 0.6) is 0 Å². The minimum atomic E-state index is -0.0442. The molecule has 0 atom stereocenters. The van der Waals surface area contributed by atoms with Crippen molar-refractivity contribution in [2.45, 2.75) is 5.22 Å². The molecule has 1 aromatic heterocycles. The average molecular weight is 350 g/mol. The highest BCUT2D eigenvalue weighted by Gasteiger charge is 2.14. The number of rotatable bonds is 8. The lowest BCUT2D eigenvalue weighted by atomic mass is 10.2. The normalized spacial score (nSPS) is 10.3. The van der Waals surface area contributed by atoms with Crippen molar-refractivity contribution in [1.82, 2.24) is 15.1 Å². The van der Waals surface area contributed by atoms with Gasteiger partial charge in [0.25, 0.3) is 5.22 Å². The van der Waals surface area contributed by atoms with Crippen molar-refractivity contribution in [3.05, 3.63) is 54.6 Å². The van der Waals surface area contributed by atoms with Gasteiger partial charge in [0.05, 0.1) is 5.75 Å². The van der Waals surface area contributed by atoms with Crippen LogP contribution in [0.25, 0.3) is 11.5 Å². The van der Waals surface area contributed by atoms with Gasteiger partial charge < -0.3 is 9.32 Å². The van der Waals surface area contributed by atoms with Crippen LogP contribution >= 0.6 is 23.4 Å². The van der Waals surface area contributed by atoms with Crippen LogP contribution in [-0.4, -0.2) is 39.8 Å². The number of nitrogens with zero attached hydrogens (tertiary/aromatic N) is 3. The van der Waals surface area contributed by atoms with Gasteiger partial charge in [-0.25, -0.2) is 0 Å². The average Bonchev–Trinajstić information content (AvgIpc) is 3.01. The van der Waals surface area contributed by atoms with Crippen LogP contribution in [0.2, 0.25) is 5.02 Å². The first-order valence-electron chi connectivity index (χ1n) is 6.86. The van der Waals surface area contributed by atoms with Crippen molar-refractivity contribution >= 4 is 29.3 Å². The molecule has 0 fully saturated rings. The summed E-state index contributed by atoms with van der Waals surface area (Å²) in [6, 6.07) is 7.14.